The lowest BCUT2D eigenvalue weighted by atomic mass is 9.56. The molecule has 2 heterocycles. The minimum Gasteiger partial charge on any atom is -0.508 e. The van der Waals surface area contributed by atoms with Crippen molar-refractivity contribution in [2.45, 2.75) is 34.9 Å². The number of amides is 4. The number of halogens is 4. The van der Waals surface area contributed by atoms with Gasteiger partial charge in [-0.2, -0.15) is 0 Å². The van der Waals surface area contributed by atoms with Gasteiger partial charge in [0.1, 0.15) is 5.75 Å². The number of nitrogens with zero attached hydrogens (tertiary/aromatic N) is 2. The largest absolute Gasteiger partial charge is 0.508 e. The first-order valence-electron chi connectivity index (χ1n) is 13.1. The zero-order chi connectivity index (χ0) is 29.4. The molecule has 2 saturated heterocycles. The Hall–Kier alpha value is -2.95. The first-order chi connectivity index (χ1) is 19.5. The van der Waals surface area contributed by atoms with Crippen molar-refractivity contribution in [3.05, 3.63) is 71.1 Å². The Morgan fingerprint density at radius 1 is 0.951 bits per heavy atom. The molecule has 4 aliphatic rings. The Kier molecular flexibility index (Phi) is 6.75. The maximum absolute atomic E-state index is 14.6. The molecule has 0 radical (unpaired) electrons. The molecule has 0 spiro atoms. The molecular weight excluding hydrogens is 642 g/mol. The van der Waals surface area contributed by atoms with Crippen molar-refractivity contribution in [3.8, 4) is 11.5 Å². The van der Waals surface area contributed by atoms with Crippen LogP contribution >= 0.6 is 39.1 Å². The predicted octanol–water partition coefficient (Wildman–Crippen LogP) is 4.19. The minimum absolute atomic E-state index is 0.0297. The molecule has 3 fully saturated rings. The minimum atomic E-state index is -2.12. The van der Waals surface area contributed by atoms with Crippen molar-refractivity contribution >= 4 is 62.8 Å². The SMILES string of the molecule is O=C1[C@H]2[C@H](CC=C3[C@H]2C[C@@]2(Cl)C(=O)N(CBr)C(=O)[C@@]2(Cl)[C@H]3c2cccc(F)c2O)C(=O)N1CCc1ccc(O)cc1. The van der Waals surface area contributed by atoms with Crippen LogP contribution in [0.2, 0.25) is 0 Å². The second-order valence-corrected chi connectivity index (χ2v) is 12.7. The van der Waals surface area contributed by atoms with Gasteiger partial charge in [0.05, 0.1) is 17.3 Å². The number of hydrogen-bond acceptors (Lipinski definition) is 6. The number of para-hydroxylation sites is 1. The van der Waals surface area contributed by atoms with Crippen LogP contribution in [0.15, 0.2) is 54.1 Å². The third-order valence-electron chi connectivity index (χ3n) is 9.00. The Bertz CT molecular complexity index is 1540. The number of allylic oxidation sites excluding steroid dienone is 2. The lowest BCUT2D eigenvalue weighted by Crippen LogP contribution is -2.60. The molecule has 2 aliphatic carbocycles. The fraction of sp³-hybridized carbons (Fsp3) is 0.379. The number of hydrogen-bond donors (Lipinski definition) is 2. The average Bonchev–Trinajstić information content (AvgIpc) is 3.27. The second-order valence-electron chi connectivity index (χ2n) is 10.9. The van der Waals surface area contributed by atoms with E-state index >= 15 is 0 Å². The number of carbonyl (C=O) groups excluding carboxylic acids is 4. The molecule has 12 heteroatoms. The highest BCUT2D eigenvalue weighted by molar-refractivity contribution is 9.09. The summed E-state index contributed by atoms with van der Waals surface area (Å²) in [4.78, 5) is 52.6. The number of likely N-dealkylation sites (tertiary alicyclic amines) is 2. The second kappa shape index (κ2) is 9.81. The molecule has 4 amide bonds. The van der Waals surface area contributed by atoms with Crippen LogP contribution in [0.4, 0.5) is 4.39 Å². The molecular formula is C29H24BrCl2FN2O6. The number of phenolic OH excluding ortho intramolecular Hbond substituents is 2. The molecule has 0 bridgehead atoms. The molecule has 2 N–H and O–H groups in total. The van der Waals surface area contributed by atoms with Crippen molar-refractivity contribution in [1.82, 2.24) is 9.80 Å². The van der Waals surface area contributed by atoms with Crippen LogP contribution < -0.4 is 0 Å². The van der Waals surface area contributed by atoms with Crippen molar-refractivity contribution in [1.29, 1.82) is 0 Å². The van der Waals surface area contributed by atoms with Crippen molar-refractivity contribution in [3.63, 3.8) is 0 Å². The number of imide groups is 2. The van der Waals surface area contributed by atoms with Gasteiger partial charge in [-0.25, -0.2) is 4.39 Å². The third kappa shape index (κ3) is 3.83. The summed E-state index contributed by atoms with van der Waals surface area (Å²) in [5, 5.41) is 20.3. The lowest BCUT2D eigenvalue weighted by Gasteiger charge is -2.50. The van der Waals surface area contributed by atoms with Crippen LogP contribution in [-0.2, 0) is 25.6 Å². The number of carbonyl (C=O) groups is 4. The first-order valence-corrected chi connectivity index (χ1v) is 14.9. The molecule has 8 nitrogen and oxygen atoms in total. The highest BCUT2D eigenvalue weighted by Gasteiger charge is 2.76. The number of aromatic hydroxyl groups is 2. The summed E-state index contributed by atoms with van der Waals surface area (Å²) in [6.07, 6.45) is 2.07. The van der Waals surface area contributed by atoms with Crippen LogP contribution in [-0.4, -0.2) is 65.4 Å². The van der Waals surface area contributed by atoms with Gasteiger partial charge in [-0.05, 0) is 48.9 Å². The van der Waals surface area contributed by atoms with E-state index < -0.39 is 62.7 Å². The molecule has 2 aromatic rings. The van der Waals surface area contributed by atoms with E-state index in [4.69, 9.17) is 23.2 Å². The third-order valence-corrected chi connectivity index (χ3v) is 10.9. The number of fused-ring (bicyclic) bond motifs is 4. The van der Waals surface area contributed by atoms with E-state index in [-0.39, 0.29) is 42.1 Å². The Balaban J connectivity index is 1.43. The fourth-order valence-corrected chi connectivity index (χ4v) is 8.47. The number of benzene rings is 2. The zero-order valence-corrected chi connectivity index (χ0v) is 24.5. The van der Waals surface area contributed by atoms with Gasteiger partial charge >= 0.3 is 0 Å². The van der Waals surface area contributed by atoms with E-state index in [1.54, 1.807) is 18.2 Å². The Morgan fingerprint density at radius 3 is 2.34 bits per heavy atom. The summed E-state index contributed by atoms with van der Waals surface area (Å²) < 4.78 is 14.6. The normalized spacial score (nSPS) is 32.6. The topological polar surface area (TPSA) is 115 Å². The maximum Gasteiger partial charge on any atom is 0.254 e. The zero-order valence-electron chi connectivity index (χ0n) is 21.4. The Morgan fingerprint density at radius 2 is 1.66 bits per heavy atom. The van der Waals surface area contributed by atoms with Crippen molar-refractivity contribution in [2.75, 3.05) is 12.0 Å². The summed E-state index contributed by atoms with van der Waals surface area (Å²) in [6.45, 7) is 0.117. The van der Waals surface area contributed by atoms with Gasteiger partial charge in [-0.15, -0.1) is 23.2 Å². The van der Waals surface area contributed by atoms with Crippen LogP contribution in [0.25, 0.3) is 0 Å². The fourth-order valence-electron chi connectivity index (χ4n) is 7.05. The van der Waals surface area contributed by atoms with E-state index in [1.165, 1.54) is 29.2 Å². The summed E-state index contributed by atoms with van der Waals surface area (Å²) in [7, 11) is 0. The van der Waals surface area contributed by atoms with Crippen LogP contribution in [0.5, 0.6) is 11.5 Å². The molecule has 41 heavy (non-hydrogen) atoms. The Labute approximate surface area is 252 Å². The van der Waals surface area contributed by atoms with Gasteiger partial charge in [0, 0.05) is 18.0 Å². The summed E-state index contributed by atoms with van der Waals surface area (Å²) >= 11 is 17.3. The average molecular weight is 666 g/mol. The summed E-state index contributed by atoms with van der Waals surface area (Å²) in [5.41, 5.74) is 1.08. The van der Waals surface area contributed by atoms with Gasteiger partial charge in [-0.3, -0.25) is 29.0 Å². The van der Waals surface area contributed by atoms with E-state index in [2.05, 4.69) is 15.9 Å². The summed E-state index contributed by atoms with van der Waals surface area (Å²) in [5.74, 6) is -7.50. The highest BCUT2D eigenvalue weighted by Crippen LogP contribution is 2.66. The van der Waals surface area contributed by atoms with E-state index in [0.29, 0.717) is 12.0 Å². The number of phenols is 2. The van der Waals surface area contributed by atoms with Crippen LogP contribution in [0.1, 0.15) is 29.9 Å². The summed E-state index contributed by atoms with van der Waals surface area (Å²) in [6, 6.07) is 10.3. The number of alkyl halides is 3. The molecule has 1 saturated carbocycles. The molecule has 2 aliphatic heterocycles. The van der Waals surface area contributed by atoms with Gasteiger partial charge in [0.2, 0.25) is 11.8 Å². The van der Waals surface area contributed by atoms with Gasteiger partial charge in [-0.1, -0.05) is 51.8 Å². The van der Waals surface area contributed by atoms with E-state index in [0.717, 1.165) is 16.5 Å². The van der Waals surface area contributed by atoms with Gasteiger partial charge < -0.3 is 10.2 Å². The quantitative estimate of drug-likeness (QED) is 0.214. The van der Waals surface area contributed by atoms with Gasteiger partial charge in [0.25, 0.3) is 11.8 Å². The molecule has 2 aromatic carbocycles. The molecule has 214 valence electrons. The molecule has 0 aromatic heterocycles. The highest BCUT2D eigenvalue weighted by atomic mass is 79.9. The smallest absolute Gasteiger partial charge is 0.254 e. The van der Waals surface area contributed by atoms with E-state index in [9.17, 15) is 33.8 Å². The van der Waals surface area contributed by atoms with Crippen molar-refractivity contribution < 1.29 is 33.8 Å². The standard InChI is InChI=1S/C29H24BrCl2FN2O6/c30-13-35-26(40)28(31)12-19-16(22(29(28,32)27(35)41)18-2-1-3-20(33)23(18)37)8-9-17-21(19)25(39)34(24(17)38)11-10-14-4-6-15(36)7-5-14/h1-8,17,19,21-22,36-37H,9-13H2/t17-,19+,21-,22+,28+,29-/m0/s1. The van der Waals surface area contributed by atoms with E-state index in [1.807, 2.05) is 0 Å². The maximum atomic E-state index is 14.6. The van der Waals surface area contributed by atoms with Crippen LogP contribution in [0, 0.1) is 23.6 Å². The number of rotatable bonds is 5. The molecule has 0 unspecified atom stereocenters. The van der Waals surface area contributed by atoms with Crippen LogP contribution in [0.3, 0.4) is 0 Å². The monoisotopic (exact) mass is 664 g/mol. The predicted molar refractivity (Wildman–Crippen MR) is 150 cm³/mol. The molecule has 6 atom stereocenters. The lowest BCUT2D eigenvalue weighted by molar-refractivity contribution is -0.141. The van der Waals surface area contributed by atoms with Gasteiger partial charge in [0.15, 0.2) is 21.3 Å². The van der Waals surface area contributed by atoms with Crippen molar-refractivity contribution in [2.24, 2.45) is 17.8 Å². The molecule has 6 rings (SSSR count). The first kappa shape index (κ1) is 28.2.